The molecule has 8 heteroatoms. The van der Waals surface area contributed by atoms with Gasteiger partial charge in [0.2, 0.25) is 0 Å². The number of ether oxygens (including phenoxy) is 3. The minimum atomic E-state index is -0.766. The van der Waals surface area contributed by atoms with Crippen molar-refractivity contribution in [2.24, 2.45) is 5.92 Å². The van der Waals surface area contributed by atoms with Gasteiger partial charge in [-0.15, -0.1) is 0 Å². The molecule has 4 rings (SSSR count). The fraction of sp³-hybridized carbons (Fsp3) is 0.515. The van der Waals surface area contributed by atoms with Gasteiger partial charge >= 0.3 is 0 Å². The van der Waals surface area contributed by atoms with E-state index in [4.69, 9.17) is 14.2 Å². The molecule has 222 valence electrons. The van der Waals surface area contributed by atoms with Crippen LogP contribution in [0.5, 0.6) is 17.2 Å². The van der Waals surface area contributed by atoms with Crippen LogP contribution in [0.4, 0.5) is 0 Å². The lowest BCUT2D eigenvalue weighted by Gasteiger charge is -2.28. The van der Waals surface area contributed by atoms with Gasteiger partial charge in [-0.3, -0.25) is 9.59 Å². The summed E-state index contributed by atoms with van der Waals surface area (Å²) in [5.74, 6) is 0.959. The molecule has 0 bridgehead atoms. The normalized spacial score (nSPS) is 19.7. The summed E-state index contributed by atoms with van der Waals surface area (Å²) in [6, 6.07) is 10.2. The number of benzene rings is 2. The summed E-state index contributed by atoms with van der Waals surface area (Å²) in [7, 11) is 0. The lowest BCUT2D eigenvalue weighted by atomic mass is 9.94. The Morgan fingerprint density at radius 3 is 2.51 bits per heavy atom. The summed E-state index contributed by atoms with van der Waals surface area (Å²) in [5.41, 5.74) is 2.22. The molecule has 2 aromatic rings. The number of likely N-dealkylation sites (N-methyl/N-ethyl adjacent to an activating group) is 1. The Balaban J connectivity index is 1.78. The second-order valence-corrected chi connectivity index (χ2v) is 11.1. The van der Waals surface area contributed by atoms with Crippen LogP contribution in [0.25, 0.3) is 5.76 Å². The molecule has 2 aliphatic heterocycles. The van der Waals surface area contributed by atoms with Crippen LogP contribution in [-0.2, 0) is 16.0 Å². The van der Waals surface area contributed by atoms with E-state index in [9.17, 15) is 14.7 Å². The minimum Gasteiger partial charge on any atom is -0.507 e. The van der Waals surface area contributed by atoms with Crippen molar-refractivity contribution >= 4 is 17.4 Å². The summed E-state index contributed by atoms with van der Waals surface area (Å²) >= 11 is 0. The molecule has 2 aromatic carbocycles. The first-order valence-corrected chi connectivity index (χ1v) is 14.9. The second-order valence-electron chi connectivity index (χ2n) is 11.1. The van der Waals surface area contributed by atoms with Gasteiger partial charge in [-0.1, -0.05) is 33.8 Å². The second kappa shape index (κ2) is 13.4. The van der Waals surface area contributed by atoms with Crippen molar-refractivity contribution in [2.75, 3.05) is 39.4 Å². The van der Waals surface area contributed by atoms with E-state index in [0.717, 1.165) is 30.8 Å². The zero-order valence-electron chi connectivity index (χ0n) is 25.2. The highest BCUT2D eigenvalue weighted by Crippen LogP contribution is 2.43. The standard InChI is InChI=1S/C33H44N2O6/c1-7-34(8-2)15-16-35-30(23-10-13-27(28(20-23)39-9-3)40-17-14-21(4)5)29(32(37)33(35)38)31(36)24-11-12-26-25(19-24)18-22(6)41-26/h10-13,19-22,30,36H,7-9,14-18H2,1-6H3/t22-,30+/m0/s1. The Bertz CT molecular complexity index is 1280. The van der Waals surface area contributed by atoms with Crippen LogP contribution in [0.1, 0.15) is 70.7 Å². The van der Waals surface area contributed by atoms with Crippen LogP contribution in [0, 0.1) is 5.92 Å². The molecule has 0 saturated carbocycles. The summed E-state index contributed by atoms with van der Waals surface area (Å²) in [4.78, 5) is 30.8. The molecule has 0 aromatic heterocycles. The number of nitrogens with zero attached hydrogens (tertiary/aromatic N) is 2. The first-order chi connectivity index (χ1) is 19.7. The number of amides is 1. The van der Waals surface area contributed by atoms with E-state index < -0.39 is 17.7 Å². The van der Waals surface area contributed by atoms with Gasteiger partial charge in [-0.25, -0.2) is 0 Å². The van der Waals surface area contributed by atoms with E-state index in [1.54, 1.807) is 11.0 Å². The highest BCUT2D eigenvalue weighted by Gasteiger charge is 2.46. The predicted octanol–water partition coefficient (Wildman–Crippen LogP) is 5.60. The number of rotatable bonds is 13. The lowest BCUT2D eigenvalue weighted by Crippen LogP contribution is -2.38. The minimum absolute atomic E-state index is 0.0475. The first-order valence-electron chi connectivity index (χ1n) is 14.9. The van der Waals surface area contributed by atoms with E-state index in [2.05, 4.69) is 32.6 Å². The first kappa shape index (κ1) is 30.4. The average Bonchev–Trinajstić information content (AvgIpc) is 3.44. The molecule has 8 nitrogen and oxygen atoms in total. The fourth-order valence-corrected chi connectivity index (χ4v) is 5.46. The van der Waals surface area contributed by atoms with Crippen LogP contribution in [0.2, 0.25) is 0 Å². The van der Waals surface area contributed by atoms with Crippen LogP contribution in [0.15, 0.2) is 42.0 Å². The molecule has 1 saturated heterocycles. The maximum Gasteiger partial charge on any atom is 0.295 e. The molecule has 2 atom stereocenters. The summed E-state index contributed by atoms with van der Waals surface area (Å²) in [5, 5.41) is 11.6. The highest BCUT2D eigenvalue weighted by molar-refractivity contribution is 6.46. The molecule has 2 heterocycles. The predicted molar refractivity (Wildman–Crippen MR) is 160 cm³/mol. The summed E-state index contributed by atoms with van der Waals surface area (Å²) < 4.78 is 17.8. The Morgan fingerprint density at radius 2 is 1.83 bits per heavy atom. The van der Waals surface area contributed by atoms with Gasteiger partial charge in [0.1, 0.15) is 17.6 Å². The summed E-state index contributed by atoms with van der Waals surface area (Å²) in [6.07, 6.45) is 1.67. The number of hydrogen-bond donors (Lipinski definition) is 1. The van der Waals surface area contributed by atoms with E-state index in [0.29, 0.717) is 61.3 Å². The largest absolute Gasteiger partial charge is 0.507 e. The zero-order chi connectivity index (χ0) is 29.7. The van der Waals surface area contributed by atoms with Gasteiger partial charge in [-0.05, 0) is 80.7 Å². The Kier molecular flexibility index (Phi) is 9.97. The Hall–Kier alpha value is -3.52. The van der Waals surface area contributed by atoms with Crippen LogP contribution in [0.3, 0.4) is 0 Å². The number of aliphatic hydroxyl groups excluding tert-OH is 1. The van der Waals surface area contributed by atoms with Crippen LogP contribution < -0.4 is 14.2 Å². The number of Topliss-reactive ketones (excluding diaryl/α,β-unsaturated/α-hetero) is 1. The smallest absolute Gasteiger partial charge is 0.295 e. The van der Waals surface area contributed by atoms with Gasteiger partial charge in [0.05, 0.1) is 24.8 Å². The Morgan fingerprint density at radius 1 is 1.07 bits per heavy atom. The maximum absolute atomic E-state index is 13.6. The Labute approximate surface area is 243 Å². The molecular weight excluding hydrogens is 520 g/mol. The molecule has 41 heavy (non-hydrogen) atoms. The number of aliphatic hydroxyl groups is 1. The third-order valence-electron chi connectivity index (χ3n) is 7.80. The number of fused-ring (bicyclic) bond motifs is 1. The van der Waals surface area contributed by atoms with Gasteiger partial charge in [-0.2, -0.15) is 0 Å². The number of hydrogen-bond acceptors (Lipinski definition) is 7. The number of carbonyl (C=O) groups excluding carboxylic acids is 2. The monoisotopic (exact) mass is 564 g/mol. The van der Waals surface area contributed by atoms with Crippen LogP contribution >= 0.6 is 0 Å². The molecular formula is C33H44N2O6. The van der Waals surface area contributed by atoms with Crippen molar-refractivity contribution in [3.63, 3.8) is 0 Å². The third kappa shape index (κ3) is 6.70. The molecule has 0 aliphatic carbocycles. The van der Waals surface area contributed by atoms with Gasteiger partial charge < -0.3 is 29.1 Å². The van der Waals surface area contributed by atoms with E-state index in [1.165, 1.54) is 0 Å². The number of likely N-dealkylation sites (tertiary alicyclic amines) is 1. The lowest BCUT2D eigenvalue weighted by molar-refractivity contribution is -0.140. The van der Waals surface area contributed by atoms with E-state index >= 15 is 0 Å². The number of carbonyl (C=O) groups is 2. The molecule has 0 radical (unpaired) electrons. The van der Waals surface area contributed by atoms with E-state index in [1.807, 2.05) is 44.2 Å². The maximum atomic E-state index is 13.6. The van der Waals surface area contributed by atoms with Crippen molar-refractivity contribution in [1.82, 2.24) is 9.80 Å². The number of ketones is 1. The molecule has 1 N–H and O–H groups in total. The molecule has 1 amide bonds. The third-order valence-corrected chi connectivity index (χ3v) is 7.80. The highest BCUT2D eigenvalue weighted by atomic mass is 16.5. The van der Waals surface area contributed by atoms with E-state index in [-0.39, 0.29) is 17.4 Å². The topological polar surface area (TPSA) is 88.5 Å². The fourth-order valence-electron chi connectivity index (χ4n) is 5.46. The van der Waals surface area contributed by atoms with Crippen molar-refractivity contribution in [2.45, 2.75) is 66.5 Å². The molecule has 1 fully saturated rings. The van der Waals surface area contributed by atoms with Gasteiger partial charge in [0.25, 0.3) is 11.7 Å². The van der Waals surface area contributed by atoms with Crippen molar-refractivity contribution in [3.05, 3.63) is 58.7 Å². The van der Waals surface area contributed by atoms with Gasteiger partial charge in [0, 0.05) is 25.1 Å². The molecule has 0 unspecified atom stereocenters. The SMILES string of the molecule is CCOc1cc([C@@H]2C(=C(O)c3ccc4c(c3)C[C@H](C)O4)C(=O)C(=O)N2CCN(CC)CC)ccc1OCCC(C)C. The quantitative estimate of drug-likeness (QED) is 0.193. The molecule has 0 spiro atoms. The van der Waals surface area contributed by atoms with Gasteiger partial charge in [0.15, 0.2) is 11.5 Å². The van der Waals surface area contributed by atoms with Crippen molar-refractivity contribution in [1.29, 1.82) is 0 Å². The van der Waals surface area contributed by atoms with Crippen molar-refractivity contribution < 1.29 is 28.9 Å². The van der Waals surface area contributed by atoms with Crippen LogP contribution in [-0.4, -0.2) is 72.1 Å². The average molecular weight is 565 g/mol. The zero-order valence-corrected chi connectivity index (χ0v) is 25.2. The molecule has 2 aliphatic rings. The summed E-state index contributed by atoms with van der Waals surface area (Å²) in [6.45, 7) is 15.9. The van der Waals surface area contributed by atoms with Crippen molar-refractivity contribution in [3.8, 4) is 17.2 Å².